The van der Waals surface area contributed by atoms with Gasteiger partial charge in [0.05, 0.1) is 0 Å². The van der Waals surface area contributed by atoms with Gasteiger partial charge < -0.3 is 15.3 Å². The van der Waals surface area contributed by atoms with Crippen LogP contribution in [0.4, 0.5) is 0 Å². The van der Waals surface area contributed by atoms with E-state index in [1.165, 1.54) is 6.08 Å². The van der Waals surface area contributed by atoms with E-state index >= 15 is 0 Å². The first-order chi connectivity index (χ1) is 8.47. The Morgan fingerprint density at radius 2 is 2.00 bits per heavy atom. The third-order valence-corrected chi connectivity index (χ3v) is 2.18. The number of allylic oxidation sites excluding steroid dienone is 1. The number of hydrogen-bond donors (Lipinski definition) is 2. The zero-order chi connectivity index (χ0) is 14.0. The maximum absolute atomic E-state index is 11.3. The molecule has 0 spiro atoms. The van der Waals surface area contributed by atoms with E-state index in [2.05, 4.69) is 4.99 Å². The summed E-state index contributed by atoms with van der Waals surface area (Å²) in [5.41, 5.74) is 0. The third-order valence-electron chi connectivity index (χ3n) is 2.18. The molecule has 2 N–H and O–H groups in total. The molecule has 0 aliphatic rings. The quantitative estimate of drug-likeness (QED) is 0.217. The number of unbranched alkanes of at least 4 members (excludes halogenated alkanes) is 2. The van der Waals surface area contributed by atoms with E-state index in [1.807, 2.05) is 6.92 Å². The Hall–Kier alpha value is -0.214. The Labute approximate surface area is 155 Å². The molecule has 0 heterocycles. The molecule has 1 atom stereocenters. The molecule has 0 bridgehead atoms. The van der Waals surface area contributed by atoms with Crippen LogP contribution in [0, 0.1) is 0 Å². The van der Waals surface area contributed by atoms with Crippen molar-refractivity contribution in [2.75, 3.05) is 0 Å². The molecule has 0 aliphatic carbocycles. The van der Waals surface area contributed by atoms with Crippen LogP contribution in [0.3, 0.4) is 0 Å². The number of carbonyl (C=O) groups is 2. The van der Waals surface area contributed by atoms with E-state index in [0.29, 0.717) is 0 Å². The van der Waals surface area contributed by atoms with Gasteiger partial charge in [0.1, 0.15) is 6.04 Å². The summed E-state index contributed by atoms with van der Waals surface area (Å²) in [6.07, 6.45) is 5.06. The van der Waals surface area contributed by atoms with Crippen molar-refractivity contribution in [1.82, 2.24) is 0 Å². The normalized spacial score (nSPS) is 13.0. The molecule has 0 aromatic rings. The summed E-state index contributed by atoms with van der Waals surface area (Å²) in [6.45, 7) is 2.02. The largest absolute Gasteiger partial charge is 1.00 e. The van der Waals surface area contributed by atoms with Crippen LogP contribution in [-0.4, -0.2) is 34.1 Å². The van der Waals surface area contributed by atoms with Crippen LogP contribution in [0.15, 0.2) is 17.1 Å². The SMILES string of the molecule is CCCC/C=C/C([O-])=N[C@@H](CCC(=O)O)C(=O)O.[K+]. The molecule has 6 nitrogen and oxygen atoms in total. The van der Waals surface area contributed by atoms with E-state index in [9.17, 15) is 14.7 Å². The second kappa shape index (κ2) is 12.8. The number of hydrogen-bond acceptors (Lipinski definition) is 4. The van der Waals surface area contributed by atoms with Crippen molar-refractivity contribution in [2.45, 2.75) is 45.1 Å². The van der Waals surface area contributed by atoms with Crippen molar-refractivity contribution in [1.29, 1.82) is 0 Å². The summed E-state index contributed by atoms with van der Waals surface area (Å²) in [5, 5.41) is 28.5. The maximum atomic E-state index is 11.3. The van der Waals surface area contributed by atoms with Gasteiger partial charge in [0.2, 0.25) is 0 Å². The molecule has 0 aromatic carbocycles. The Balaban J connectivity index is 0. The third kappa shape index (κ3) is 12.6. The van der Waals surface area contributed by atoms with Crippen molar-refractivity contribution in [2.24, 2.45) is 4.99 Å². The summed E-state index contributed by atoms with van der Waals surface area (Å²) in [7, 11) is 0. The molecular weight excluding hydrogens is 277 g/mol. The molecule has 0 aliphatic heterocycles. The summed E-state index contributed by atoms with van der Waals surface area (Å²) in [4.78, 5) is 24.5. The number of carboxylic acid groups (broad SMARTS) is 2. The molecule has 0 saturated heterocycles. The number of aliphatic imine (C=N–C) groups is 1. The van der Waals surface area contributed by atoms with Gasteiger partial charge >= 0.3 is 63.3 Å². The molecule has 0 fully saturated rings. The van der Waals surface area contributed by atoms with Crippen LogP contribution in [0.5, 0.6) is 0 Å². The average molecular weight is 295 g/mol. The zero-order valence-corrected chi connectivity index (χ0v) is 14.5. The van der Waals surface area contributed by atoms with E-state index < -0.39 is 23.9 Å². The molecule has 0 aromatic heterocycles. The number of aliphatic carboxylic acids is 2. The topological polar surface area (TPSA) is 110 Å². The van der Waals surface area contributed by atoms with Gasteiger partial charge in [-0.05, 0) is 18.7 Å². The van der Waals surface area contributed by atoms with Crippen molar-refractivity contribution < 1.29 is 76.3 Å². The van der Waals surface area contributed by atoms with E-state index in [1.54, 1.807) is 6.08 Å². The van der Waals surface area contributed by atoms with Gasteiger partial charge in [0.25, 0.3) is 0 Å². The van der Waals surface area contributed by atoms with Gasteiger partial charge in [-0.2, -0.15) is 0 Å². The van der Waals surface area contributed by atoms with Gasteiger partial charge in [0.15, 0.2) is 0 Å². The monoisotopic (exact) mass is 295 g/mol. The Morgan fingerprint density at radius 1 is 1.37 bits per heavy atom. The second-order valence-corrected chi connectivity index (χ2v) is 3.80. The first-order valence-electron chi connectivity index (χ1n) is 5.83. The van der Waals surface area contributed by atoms with Crippen molar-refractivity contribution in [3.05, 3.63) is 12.2 Å². The average Bonchev–Trinajstić information content (AvgIpc) is 2.29. The van der Waals surface area contributed by atoms with Crippen LogP contribution in [0.2, 0.25) is 0 Å². The van der Waals surface area contributed by atoms with Crippen LogP contribution >= 0.6 is 0 Å². The van der Waals surface area contributed by atoms with Gasteiger partial charge in [-0.3, -0.25) is 9.79 Å². The van der Waals surface area contributed by atoms with E-state index in [4.69, 9.17) is 10.2 Å². The smallest absolute Gasteiger partial charge is 0.859 e. The van der Waals surface area contributed by atoms with Gasteiger partial charge in [-0.25, -0.2) is 4.79 Å². The number of nitrogens with zero attached hydrogens (tertiary/aromatic N) is 1. The second-order valence-electron chi connectivity index (χ2n) is 3.80. The number of rotatable bonds is 9. The molecule has 102 valence electrons. The first kappa shape index (κ1) is 21.1. The van der Waals surface area contributed by atoms with Crippen molar-refractivity contribution in [3.8, 4) is 0 Å². The van der Waals surface area contributed by atoms with Crippen LogP contribution in [0.1, 0.15) is 39.0 Å². The standard InChI is InChI=1S/C12H19NO5.K/c1-2-3-4-5-6-10(14)13-9(12(17)18)7-8-11(15)16;/h5-6,9H,2-4,7-8H2,1H3,(H,13,14)(H,15,16)(H,17,18);/q;+1/p-1/b6-5+;/t9-;/m0./s1. The molecule has 0 saturated carbocycles. The minimum atomic E-state index is -1.29. The molecule has 0 rings (SSSR count). The predicted molar refractivity (Wildman–Crippen MR) is 64.4 cm³/mol. The van der Waals surface area contributed by atoms with Crippen LogP contribution in [0.25, 0.3) is 0 Å². The predicted octanol–water partition coefficient (Wildman–Crippen LogP) is -2.19. The fraction of sp³-hybridized carbons (Fsp3) is 0.583. The molecule has 0 amide bonds. The summed E-state index contributed by atoms with van der Waals surface area (Å²) in [6, 6.07) is -1.29. The van der Waals surface area contributed by atoms with E-state index in [-0.39, 0.29) is 64.2 Å². The minimum absolute atomic E-state index is 0. The van der Waals surface area contributed by atoms with Gasteiger partial charge in [0, 0.05) is 6.42 Å². The summed E-state index contributed by atoms with van der Waals surface area (Å²) >= 11 is 0. The summed E-state index contributed by atoms with van der Waals surface area (Å²) in [5.74, 6) is -3.03. The van der Waals surface area contributed by atoms with Crippen LogP contribution < -0.4 is 56.5 Å². The fourth-order valence-corrected chi connectivity index (χ4v) is 1.21. The minimum Gasteiger partial charge on any atom is -0.859 e. The first-order valence-corrected chi connectivity index (χ1v) is 5.83. The van der Waals surface area contributed by atoms with Crippen molar-refractivity contribution in [3.63, 3.8) is 0 Å². The van der Waals surface area contributed by atoms with Gasteiger partial charge in [-0.15, -0.1) is 0 Å². The molecule has 0 radical (unpaired) electrons. The molecule has 7 heteroatoms. The molecular formula is C12H18KNO5. The summed E-state index contributed by atoms with van der Waals surface area (Å²) < 4.78 is 0. The Bertz CT molecular complexity index is 341. The zero-order valence-electron chi connectivity index (χ0n) is 11.3. The Kier molecular flexibility index (Phi) is 14.2. The fourth-order valence-electron chi connectivity index (χ4n) is 1.21. The molecule has 19 heavy (non-hydrogen) atoms. The van der Waals surface area contributed by atoms with E-state index in [0.717, 1.165) is 19.3 Å². The number of carboxylic acids is 2. The molecule has 0 unspecified atom stereocenters. The maximum Gasteiger partial charge on any atom is 1.00 e. The van der Waals surface area contributed by atoms with Crippen LogP contribution in [-0.2, 0) is 9.59 Å². The van der Waals surface area contributed by atoms with Crippen molar-refractivity contribution >= 4 is 17.8 Å². The van der Waals surface area contributed by atoms with Gasteiger partial charge in [-0.1, -0.05) is 31.9 Å². The Morgan fingerprint density at radius 3 is 2.47 bits per heavy atom.